The van der Waals surface area contributed by atoms with E-state index in [9.17, 15) is 9.59 Å². The molecule has 10 nitrogen and oxygen atoms in total. The highest BCUT2D eigenvalue weighted by atomic mass is 127. The third-order valence-electron chi connectivity index (χ3n) is 3.48. The molecule has 0 saturated heterocycles. The third-order valence-corrected chi connectivity index (χ3v) is 4.37. The number of rotatable bonds is 5. The Morgan fingerprint density at radius 2 is 2.11 bits per heavy atom. The Kier molecular flexibility index (Phi) is 5.21. The molecule has 0 fully saturated rings. The van der Waals surface area contributed by atoms with Crippen LogP contribution in [0.5, 0.6) is 5.75 Å². The number of guanidine groups is 1. The second-order valence-electron chi connectivity index (χ2n) is 5.38. The molecule has 1 aromatic carbocycles. The first-order valence-corrected chi connectivity index (χ1v) is 8.59. The van der Waals surface area contributed by atoms with Gasteiger partial charge in [-0.1, -0.05) is 0 Å². The van der Waals surface area contributed by atoms with E-state index in [1.54, 1.807) is 12.1 Å². The zero-order valence-corrected chi connectivity index (χ0v) is 15.8. The van der Waals surface area contributed by atoms with Crippen molar-refractivity contribution in [3.8, 4) is 5.75 Å². The van der Waals surface area contributed by atoms with Crippen molar-refractivity contribution in [3.05, 3.63) is 51.5 Å². The van der Waals surface area contributed by atoms with E-state index in [-0.39, 0.29) is 23.8 Å². The molecule has 0 amide bonds. The highest BCUT2D eigenvalue weighted by molar-refractivity contribution is 14.1. The quantitative estimate of drug-likeness (QED) is 0.185. The summed E-state index contributed by atoms with van der Waals surface area (Å²) in [5, 5.41) is 22.9. The van der Waals surface area contributed by atoms with Crippen molar-refractivity contribution in [2.24, 2.45) is 5.73 Å². The third kappa shape index (κ3) is 4.13. The van der Waals surface area contributed by atoms with Crippen LogP contribution in [0.2, 0.25) is 0 Å². The zero-order chi connectivity index (χ0) is 19.6. The van der Waals surface area contributed by atoms with Crippen molar-refractivity contribution in [1.29, 1.82) is 5.41 Å². The number of nitrogens with zero attached hydrogens (tertiary/aromatic N) is 3. The number of carboxylic acids is 1. The van der Waals surface area contributed by atoms with Crippen molar-refractivity contribution in [3.63, 3.8) is 0 Å². The first-order valence-electron chi connectivity index (χ1n) is 7.51. The van der Waals surface area contributed by atoms with Gasteiger partial charge in [-0.05, 0) is 52.9 Å². The van der Waals surface area contributed by atoms with Crippen LogP contribution in [0.3, 0.4) is 0 Å². The van der Waals surface area contributed by atoms with Gasteiger partial charge in [0.1, 0.15) is 6.33 Å². The van der Waals surface area contributed by atoms with Gasteiger partial charge in [-0.15, -0.1) is 0 Å². The maximum atomic E-state index is 12.5. The fraction of sp³-hybridized carbons (Fsp3) is 0.0625. The number of esters is 1. The number of aliphatic carboxylic acids is 1. The van der Waals surface area contributed by atoms with Gasteiger partial charge in [0.25, 0.3) is 0 Å². The number of aromatic nitrogens is 3. The topological polar surface area (TPSA) is 156 Å². The lowest BCUT2D eigenvalue weighted by molar-refractivity contribution is -0.136. The predicted molar refractivity (Wildman–Crippen MR) is 104 cm³/mol. The van der Waals surface area contributed by atoms with Gasteiger partial charge in [0.15, 0.2) is 17.4 Å². The summed E-state index contributed by atoms with van der Waals surface area (Å²) < 4.78 is 7.41. The fourth-order valence-corrected chi connectivity index (χ4v) is 3.00. The number of pyridine rings is 1. The van der Waals surface area contributed by atoms with E-state index in [0.29, 0.717) is 20.5 Å². The molecule has 138 valence electrons. The monoisotopic (exact) mass is 480 g/mol. The molecule has 0 aliphatic rings. The molecule has 0 saturated carbocycles. The molecule has 3 aromatic rings. The number of hydrogen-bond donors (Lipinski definition) is 4. The van der Waals surface area contributed by atoms with Gasteiger partial charge in [-0.3, -0.25) is 10.2 Å². The van der Waals surface area contributed by atoms with Crippen molar-refractivity contribution in [2.75, 3.05) is 5.32 Å². The van der Waals surface area contributed by atoms with Crippen LogP contribution in [-0.2, 0) is 11.2 Å². The normalized spacial score (nSPS) is 10.6. The van der Waals surface area contributed by atoms with E-state index in [2.05, 4.69) is 15.4 Å². The Morgan fingerprint density at radius 3 is 2.78 bits per heavy atom. The minimum absolute atomic E-state index is 0.160. The summed E-state index contributed by atoms with van der Waals surface area (Å²) in [6.07, 6.45) is 1.01. The molecule has 5 N–H and O–H groups in total. The molecule has 2 heterocycles. The number of fused-ring (bicyclic) bond motifs is 1. The van der Waals surface area contributed by atoms with E-state index >= 15 is 0 Å². The first kappa shape index (κ1) is 18.6. The van der Waals surface area contributed by atoms with Crippen LogP contribution in [0.15, 0.2) is 36.7 Å². The average molecular weight is 480 g/mol. The Morgan fingerprint density at radius 1 is 1.33 bits per heavy atom. The SMILES string of the molecule is N=C(N)Nc1ccc(C(=O)Oc2ccc(CC(=O)O)n3ncnc23)cc1I. The molecule has 2 aromatic heterocycles. The number of benzene rings is 1. The number of anilines is 1. The lowest BCUT2D eigenvalue weighted by Gasteiger charge is -2.10. The van der Waals surface area contributed by atoms with Crippen LogP contribution >= 0.6 is 22.6 Å². The molecule has 0 atom stereocenters. The number of carbonyl (C=O) groups excluding carboxylic acids is 1. The lowest BCUT2D eigenvalue weighted by atomic mass is 10.2. The second kappa shape index (κ2) is 7.57. The number of carboxylic acid groups (broad SMARTS) is 1. The Labute approximate surface area is 166 Å². The number of nitrogens with one attached hydrogen (secondary N) is 2. The van der Waals surface area contributed by atoms with Gasteiger partial charge < -0.3 is 20.9 Å². The van der Waals surface area contributed by atoms with Crippen LogP contribution in [0.1, 0.15) is 16.1 Å². The largest absolute Gasteiger partial charge is 0.481 e. The summed E-state index contributed by atoms with van der Waals surface area (Å²) in [6.45, 7) is 0. The van der Waals surface area contributed by atoms with Crippen molar-refractivity contribution < 1.29 is 19.4 Å². The summed E-state index contributed by atoms with van der Waals surface area (Å²) in [6, 6.07) is 7.74. The molecular formula is C16H13IN6O4. The van der Waals surface area contributed by atoms with Gasteiger partial charge in [0.2, 0.25) is 0 Å². The van der Waals surface area contributed by atoms with Gasteiger partial charge in [0, 0.05) is 3.57 Å². The van der Waals surface area contributed by atoms with E-state index in [0.717, 1.165) is 0 Å². The molecule has 0 aliphatic heterocycles. The highest BCUT2D eigenvalue weighted by Gasteiger charge is 2.16. The summed E-state index contributed by atoms with van der Waals surface area (Å²) in [7, 11) is 0. The predicted octanol–water partition coefficient (Wildman–Crippen LogP) is 1.49. The van der Waals surface area contributed by atoms with E-state index in [1.807, 2.05) is 22.6 Å². The first-order chi connectivity index (χ1) is 12.8. The van der Waals surface area contributed by atoms with Gasteiger partial charge in [0.05, 0.1) is 23.4 Å². The second-order valence-corrected chi connectivity index (χ2v) is 6.54. The van der Waals surface area contributed by atoms with Crippen molar-refractivity contribution in [2.45, 2.75) is 6.42 Å². The van der Waals surface area contributed by atoms with E-state index in [1.165, 1.54) is 29.0 Å². The Balaban J connectivity index is 1.86. The standard InChI is InChI=1S/C16H13IN6O4/c17-10-5-8(1-3-11(10)22-16(18)19)15(26)27-12-4-2-9(6-13(24)25)23-14(12)20-7-21-23/h1-5,7H,6H2,(H,24,25)(H4,18,19,22). The summed E-state index contributed by atoms with van der Waals surface area (Å²) in [5.74, 6) is -1.67. The molecule has 0 spiro atoms. The fourth-order valence-electron chi connectivity index (χ4n) is 2.35. The highest BCUT2D eigenvalue weighted by Crippen LogP contribution is 2.23. The number of nitrogens with two attached hydrogens (primary N) is 1. The summed E-state index contributed by atoms with van der Waals surface area (Å²) in [4.78, 5) is 27.4. The Hall–Kier alpha value is -3.22. The van der Waals surface area contributed by atoms with Crippen LogP contribution in [0.4, 0.5) is 5.69 Å². The van der Waals surface area contributed by atoms with Gasteiger partial charge in [-0.2, -0.15) is 5.10 Å². The van der Waals surface area contributed by atoms with Gasteiger partial charge in [-0.25, -0.2) is 14.3 Å². The number of ether oxygens (including phenoxy) is 1. The molecular weight excluding hydrogens is 467 g/mol. The maximum Gasteiger partial charge on any atom is 0.343 e. The maximum absolute atomic E-state index is 12.5. The molecule has 11 heteroatoms. The van der Waals surface area contributed by atoms with Crippen LogP contribution in [0, 0.1) is 8.98 Å². The Bertz CT molecular complexity index is 1060. The summed E-state index contributed by atoms with van der Waals surface area (Å²) in [5.41, 5.74) is 6.84. The molecule has 0 aliphatic carbocycles. The molecule has 0 unspecified atom stereocenters. The van der Waals surface area contributed by atoms with Crippen LogP contribution in [-0.4, -0.2) is 37.6 Å². The smallest absolute Gasteiger partial charge is 0.343 e. The number of halogens is 1. The van der Waals surface area contributed by atoms with E-state index in [4.69, 9.17) is 21.0 Å². The lowest BCUT2D eigenvalue weighted by Crippen LogP contribution is -2.21. The number of carbonyl (C=O) groups is 2. The van der Waals surface area contributed by atoms with Crippen LogP contribution < -0.4 is 15.8 Å². The van der Waals surface area contributed by atoms with Crippen LogP contribution in [0.25, 0.3) is 5.65 Å². The van der Waals surface area contributed by atoms with E-state index < -0.39 is 11.9 Å². The van der Waals surface area contributed by atoms with Gasteiger partial charge >= 0.3 is 11.9 Å². The average Bonchev–Trinajstić information content (AvgIpc) is 3.08. The zero-order valence-electron chi connectivity index (χ0n) is 13.6. The molecule has 0 bridgehead atoms. The van der Waals surface area contributed by atoms with Crippen molar-refractivity contribution in [1.82, 2.24) is 14.6 Å². The number of hydrogen-bond acceptors (Lipinski definition) is 6. The minimum atomic E-state index is -1.01. The van der Waals surface area contributed by atoms with Crippen molar-refractivity contribution >= 4 is 51.8 Å². The molecule has 3 rings (SSSR count). The molecule has 27 heavy (non-hydrogen) atoms. The summed E-state index contributed by atoms with van der Waals surface area (Å²) >= 11 is 2.01. The minimum Gasteiger partial charge on any atom is -0.481 e. The molecule has 0 radical (unpaired) electrons.